The number of fused-ring (bicyclic) bond motifs is 1. The predicted octanol–water partition coefficient (Wildman–Crippen LogP) is 2.64. The molecule has 1 aromatic heterocycles. The fourth-order valence-electron chi connectivity index (χ4n) is 2.59. The lowest BCUT2D eigenvalue weighted by Crippen LogP contribution is -2.16. The van der Waals surface area contributed by atoms with Crippen LogP contribution >= 0.6 is 11.8 Å². The van der Waals surface area contributed by atoms with E-state index in [1.54, 1.807) is 18.9 Å². The first kappa shape index (κ1) is 15.1. The second kappa shape index (κ2) is 6.98. The monoisotopic (exact) mass is 316 g/mol. The van der Waals surface area contributed by atoms with Crippen molar-refractivity contribution in [2.75, 3.05) is 31.8 Å². The van der Waals surface area contributed by atoms with Gasteiger partial charge in [0.15, 0.2) is 5.16 Å². The second-order valence-corrected chi connectivity index (χ2v) is 5.83. The number of nitrogens with one attached hydrogen (secondary N) is 2. The maximum atomic E-state index is 5.42. The predicted molar refractivity (Wildman–Crippen MR) is 90.4 cm³/mol. The molecular formula is C16H20N4OS. The highest BCUT2D eigenvalue weighted by molar-refractivity contribution is 7.98. The Morgan fingerprint density at radius 1 is 1.18 bits per heavy atom. The molecule has 2 aromatic rings. The molecule has 6 heteroatoms. The molecule has 0 aliphatic carbocycles. The first-order valence-corrected chi connectivity index (χ1v) is 8.59. The van der Waals surface area contributed by atoms with E-state index in [1.807, 2.05) is 30.5 Å². The summed E-state index contributed by atoms with van der Waals surface area (Å²) in [5, 5.41) is 7.66. The number of para-hydroxylation sites is 2. The van der Waals surface area contributed by atoms with Gasteiger partial charge < -0.3 is 15.4 Å². The summed E-state index contributed by atoms with van der Waals surface area (Å²) in [7, 11) is 1.68. The molecular weight excluding hydrogens is 296 g/mol. The van der Waals surface area contributed by atoms with Gasteiger partial charge in [0, 0.05) is 18.5 Å². The highest BCUT2D eigenvalue weighted by Gasteiger charge is 2.17. The Hall–Kier alpha value is -1.79. The fourth-order valence-corrected chi connectivity index (χ4v) is 2.98. The summed E-state index contributed by atoms with van der Waals surface area (Å²) >= 11 is 1.57. The molecule has 2 N–H and O–H groups in total. The molecule has 0 unspecified atom stereocenters. The Labute approximate surface area is 134 Å². The molecule has 0 radical (unpaired) electrons. The summed E-state index contributed by atoms with van der Waals surface area (Å²) in [5.74, 6) is 1.70. The van der Waals surface area contributed by atoms with Gasteiger partial charge in [0.2, 0.25) is 0 Å². The van der Waals surface area contributed by atoms with Crippen LogP contribution < -0.4 is 15.4 Å². The molecule has 5 nitrogen and oxygen atoms in total. The van der Waals surface area contributed by atoms with Crippen molar-refractivity contribution < 1.29 is 4.74 Å². The number of benzene rings is 1. The van der Waals surface area contributed by atoms with Crippen LogP contribution in [0, 0.1) is 0 Å². The number of nitrogens with zero attached hydrogens (tertiary/aromatic N) is 2. The normalized spacial score (nSPS) is 14.1. The van der Waals surface area contributed by atoms with Crippen LogP contribution in [0.3, 0.4) is 0 Å². The molecule has 1 aromatic carbocycles. The van der Waals surface area contributed by atoms with E-state index in [0.29, 0.717) is 0 Å². The lowest BCUT2D eigenvalue weighted by atomic mass is 10.1. The summed E-state index contributed by atoms with van der Waals surface area (Å²) < 4.78 is 5.42. The average molecular weight is 316 g/mol. The van der Waals surface area contributed by atoms with Crippen molar-refractivity contribution >= 4 is 23.3 Å². The molecule has 0 saturated heterocycles. The fraction of sp³-hybridized carbons (Fsp3) is 0.375. The number of anilines is 2. The van der Waals surface area contributed by atoms with Gasteiger partial charge in [0.25, 0.3) is 0 Å². The van der Waals surface area contributed by atoms with Gasteiger partial charge >= 0.3 is 0 Å². The number of hydrogen-bond donors (Lipinski definition) is 2. The van der Waals surface area contributed by atoms with E-state index < -0.39 is 0 Å². The minimum absolute atomic E-state index is 0.804. The highest BCUT2D eigenvalue weighted by atomic mass is 32.2. The molecule has 0 fully saturated rings. The number of ether oxygens (including phenoxy) is 1. The molecule has 0 saturated carbocycles. The molecule has 0 spiro atoms. The Kier molecular flexibility index (Phi) is 4.80. The van der Waals surface area contributed by atoms with Crippen molar-refractivity contribution in [3.63, 3.8) is 0 Å². The van der Waals surface area contributed by atoms with Crippen molar-refractivity contribution in [1.29, 1.82) is 0 Å². The van der Waals surface area contributed by atoms with Gasteiger partial charge in [-0.15, -0.1) is 0 Å². The molecule has 1 aliphatic heterocycles. The summed E-state index contributed by atoms with van der Waals surface area (Å²) in [5.41, 5.74) is 3.27. The zero-order chi connectivity index (χ0) is 15.4. The van der Waals surface area contributed by atoms with E-state index in [-0.39, 0.29) is 0 Å². The SMILES string of the molecule is COc1ccccc1Nc1nc(SC)nc2c1CCNCC2. The van der Waals surface area contributed by atoms with Gasteiger partial charge in [-0.3, -0.25) is 0 Å². The Balaban J connectivity index is 2.01. The number of hydrogen-bond acceptors (Lipinski definition) is 6. The van der Waals surface area contributed by atoms with Crippen LogP contribution in [0.15, 0.2) is 29.4 Å². The lowest BCUT2D eigenvalue weighted by molar-refractivity contribution is 0.417. The van der Waals surface area contributed by atoms with Crippen LogP contribution in [0.5, 0.6) is 5.75 Å². The minimum atomic E-state index is 0.804. The molecule has 0 atom stereocenters. The standard InChI is InChI=1S/C16H20N4OS/c1-21-14-6-4-3-5-13(14)18-15-11-7-9-17-10-8-12(11)19-16(20-15)22-2/h3-6,17H,7-10H2,1-2H3,(H,18,19,20). The van der Waals surface area contributed by atoms with Crippen LogP contribution in [0.2, 0.25) is 0 Å². The molecule has 2 heterocycles. The van der Waals surface area contributed by atoms with Gasteiger partial charge in [-0.25, -0.2) is 9.97 Å². The highest BCUT2D eigenvalue weighted by Crippen LogP contribution is 2.30. The van der Waals surface area contributed by atoms with E-state index in [1.165, 1.54) is 5.56 Å². The van der Waals surface area contributed by atoms with Gasteiger partial charge in [0.1, 0.15) is 11.6 Å². The number of thioether (sulfide) groups is 1. The Morgan fingerprint density at radius 3 is 2.82 bits per heavy atom. The third kappa shape index (κ3) is 3.18. The smallest absolute Gasteiger partial charge is 0.189 e. The van der Waals surface area contributed by atoms with E-state index in [9.17, 15) is 0 Å². The van der Waals surface area contributed by atoms with Crippen molar-refractivity contribution in [2.45, 2.75) is 18.0 Å². The average Bonchev–Trinajstić information content (AvgIpc) is 2.80. The molecule has 116 valence electrons. The maximum absolute atomic E-state index is 5.42. The van der Waals surface area contributed by atoms with E-state index in [4.69, 9.17) is 4.74 Å². The van der Waals surface area contributed by atoms with E-state index in [0.717, 1.165) is 54.0 Å². The number of rotatable bonds is 4. The van der Waals surface area contributed by atoms with Crippen LogP contribution in [0.25, 0.3) is 0 Å². The minimum Gasteiger partial charge on any atom is -0.495 e. The van der Waals surface area contributed by atoms with Crippen molar-refractivity contribution in [3.8, 4) is 5.75 Å². The maximum Gasteiger partial charge on any atom is 0.189 e. The third-order valence-corrected chi connectivity index (χ3v) is 4.25. The third-order valence-electron chi connectivity index (χ3n) is 3.71. The summed E-state index contributed by atoms with van der Waals surface area (Å²) in [4.78, 5) is 9.35. The quantitative estimate of drug-likeness (QED) is 0.668. The molecule has 22 heavy (non-hydrogen) atoms. The number of methoxy groups -OCH3 is 1. The zero-order valence-electron chi connectivity index (χ0n) is 12.8. The van der Waals surface area contributed by atoms with Crippen molar-refractivity contribution in [2.24, 2.45) is 0 Å². The molecule has 0 bridgehead atoms. The van der Waals surface area contributed by atoms with Gasteiger partial charge in [-0.2, -0.15) is 0 Å². The topological polar surface area (TPSA) is 59.1 Å². The molecule has 0 amide bonds. The van der Waals surface area contributed by atoms with Crippen molar-refractivity contribution in [3.05, 3.63) is 35.5 Å². The van der Waals surface area contributed by atoms with Crippen LogP contribution in [0.1, 0.15) is 11.3 Å². The van der Waals surface area contributed by atoms with E-state index >= 15 is 0 Å². The van der Waals surface area contributed by atoms with Gasteiger partial charge in [-0.05, 0) is 31.4 Å². The summed E-state index contributed by atoms with van der Waals surface area (Å²) in [6.45, 7) is 1.92. The second-order valence-electron chi connectivity index (χ2n) is 5.06. The van der Waals surface area contributed by atoms with Crippen LogP contribution in [0.4, 0.5) is 11.5 Å². The van der Waals surface area contributed by atoms with Crippen LogP contribution in [-0.2, 0) is 12.8 Å². The first-order chi connectivity index (χ1) is 10.8. The molecule has 3 rings (SSSR count). The zero-order valence-corrected chi connectivity index (χ0v) is 13.7. The largest absolute Gasteiger partial charge is 0.495 e. The van der Waals surface area contributed by atoms with Gasteiger partial charge in [-0.1, -0.05) is 23.9 Å². The summed E-state index contributed by atoms with van der Waals surface area (Å²) in [6.07, 6.45) is 3.87. The van der Waals surface area contributed by atoms with Gasteiger partial charge in [0.05, 0.1) is 18.5 Å². The van der Waals surface area contributed by atoms with Crippen molar-refractivity contribution in [1.82, 2.24) is 15.3 Å². The Morgan fingerprint density at radius 2 is 2.00 bits per heavy atom. The van der Waals surface area contributed by atoms with E-state index in [2.05, 4.69) is 20.6 Å². The van der Waals surface area contributed by atoms with Crippen LogP contribution in [-0.4, -0.2) is 36.4 Å². The lowest BCUT2D eigenvalue weighted by Gasteiger charge is -2.15. The summed E-state index contributed by atoms with van der Waals surface area (Å²) in [6, 6.07) is 7.89. The Bertz CT molecular complexity index is 663. The number of aromatic nitrogens is 2. The molecule has 1 aliphatic rings. The first-order valence-electron chi connectivity index (χ1n) is 7.36.